The van der Waals surface area contributed by atoms with Gasteiger partial charge in [0.2, 0.25) is 5.95 Å². The number of ether oxygens (including phenoxy) is 1. The first-order chi connectivity index (χ1) is 11.1. The Hall–Kier alpha value is -2.26. The van der Waals surface area contributed by atoms with E-state index in [2.05, 4.69) is 14.7 Å². The number of rotatable bonds is 4. The largest absolute Gasteiger partial charge is 0.378 e. The minimum absolute atomic E-state index is 0.172. The third kappa shape index (κ3) is 3.57. The van der Waals surface area contributed by atoms with E-state index in [1.165, 1.54) is 30.6 Å². The summed E-state index contributed by atoms with van der Waals surface area (Å²) in [5.41, 5.74) is 0.172. The van der Waals surface area contributed by atoms with Gasteiger partial charge in [-0.1, -0.05) is 12.1 Å². The number of halogens is 1. The number of sulfonamides is 1. The van der Waals surface area contributed by atoms with E-state index in [4.69, 9.17) is 4.74 Å². The van der Waals surface area contributed by atoms with Gasteiger partial charge in [-0.15, -0.1) is 0 Å². The molecule has 9 heteroatoms. The summed E-state index contributed by atoms with van der Waals surface area (Å²) >= 11 is 0. The summed E-state index contributed by atoms with van der Waals surface area (Å²) in [4.78, 5) is 9.81. The minimum atomic E-state index is -4.02. The van der Waals surface area contributed by atoms with Crippen molar-refractivity contribution in [1.82, 2.24) is 9.97 Å². The molecule has 2 aromatic rings. The molecule has 1 N–H and O–H groups in total. The van der Waals surface area contributed by atoms with Crippen LogP contribution in [0.4, 0.5) is 16.0 Å². The zero-order valence-electron chi connectivity index (χ0n) is 12.1. The summed E-state index contributed by atoms with van der Waals surface area (Å²) in [5, 5.41) is 0. The maximum absolute atomic E-state index is 13.6. The second-order valence-corrected chi connectivity index (χ2v) is 6.56. The van der Waals surface area contributed by atoms with Gasteiger partial charge in [-0.2, -0.15) is 0 Å². The summed E-state index contributed by atoms with van der Waals surface area (Å²) in [7, 11) is -4.02. The fourth-order valence-electron chi connectivity index (χ4n) is 2.17. The Kier molecular flexibility index (Phi) is 4.39. The highest BCUT2D eigenvalue weighted by Crippen LogP contribution is 2.18. The van der Waals surface area contributed by atoms with E-state index in [-0.39, 0.29) is 5.69 Å². The number of nitrogens with zero attached hydrogens (tertiary/aromatic N) is 3. The predicted octanol–water partition coefficient (Wildman–Crippen LogP) is 1.25. The van der Waals surface area contributed by atoms with Crippen LogP contribution in [-0.4, -0.2) is 44.7 Å². The molecule has 1 aliphatic heterocycles. The van der Waals surface area contributed by atoms with Crippen molar-refractivity contribution in [3.63, 3.8) is 0 Å². The summed E-state index contributed by atoms with van der Waals surface area (Å²) in [6, 6.07) is 5.16. The maximum atomic E-state index is 13.6. The lowest BCUT2D eigenvalue weighted by molar-refractivity contribution is 0.122. The van der Waals surface area contributed by atoms with E-state index >= 15 is 0 Å². The van der Waals surface area contributed by atoms with Gasteiger partial charge in [0.05, 0.1) is 31.3 Å². The van der Waals surface area contributed by atoms with Crippen molar-refractivity contribution >= 4 is 21.7 Å². The number of hydrogen-bond donors (Lipinski definition) is 1. The molecular formula is C14H15FN4O3S. The van der Waals surface area contributed by atoms with Crippen molar-refractivity contribution in [1.29, 1.82) is 0 Å². The van der Waals surface area contributed by atoms with Gasteiger partial charge >= 0.3 is 0 Å². The van der Waals surface area contributed by atoms with Crippen LogP contribution in [0.5, 0.6) is 0 Å². The Morgan fingerprint density at radius 1 is 1.13 bits per heavy atom. The average Bonchev–Trinajstić information content (AvgIpc) is 2.56. The average molecular weight is 338 g/mol. The molecule has 0 bridgehead atoms. The lowest BCUT2D eigenvalue weighted by Crippen LogP contribution is -2.37. The quantitative estimate of drug-likeness (QED) is 0.903. The molecule has 1 aromatic heterocycles. The zero-order chi connectivity index (χ0) is 16.3. The molecular weight excluding hydrogens is 323 g/mol. The van der Waals surface area contributed by atoms with Crippen LogP contribution in [0.25, 0.3) is 0 Å². The molecule has 122 valence electrons. The highest BCUT2D eigenvalue weighted by atomic mass is 32.2. The zero-order valence-corrected chi connectivity index (χ0v) is 13.0. The normalized spacial score (nSPS) is 15.4. The smallest absolute Gasteiger partial charge is 0.264 e. The van der Waals surface area contributed by atoms with E-state index in [9.17, 15) is 12.8 Å². The first kappa shape index (κ1) is 15.6. The van der Waals surface area contributed by atoms with E-state index in [1.54, 1.807) is 0 Å². The van der Waals surface area contributed by atoms with Crippen molar-refractivity contribution < 1.29 is 17.5 Å². The van der Waals surface area contributed by atoms with Gasteiger partial charge in [-0.25, -0.2) is 22.8 Å². The highest BCUT2D eigenvalue weighted by molar-refractivity contribution is 7.92. The van der Waals surface area contributed by atoms with Gasteiger partial charge in [0.25, 0.3) is 10.0 Å². The van der Waals surface area contributed by atoms with Crippen LogP contribution in [0.3, 0.4) is 0 Å². The van der Waals surface area contributed by atoms with E-state index in [0.717, 1.165) is 6.07 Å². The standard InChI is InChI=1S/C14H15FN4O3S/c15-12-3-1-2-4-13(12)23(20,21)18-11-9-16-14(17-10-11)19-5-7-22-8-6-19/h1-4,9-10,18H,5-8H2. The fourth-order valence-corrected chi connectivity index (χ4v) is 3.28. The van der Waals surface area contributed by atoms with Gasteiger partial charge < -0.3 is 9.64 Å². The molecule has 3 rings (SSSR count). The molecule has 1 aliphatic rings. The number of hydrogen-bond acceptors (Lipinski definition) is 6. The van der Waals surface area contributed by atoms with Gasteiger partial charge in [0.15, 0.2) is 0 Å². The SMILES string of the molecule is O=S(=O)(Nc1cnc(N2CCOCC2)nc1)c1ccccc1F. The monoisotopic (exact) mass is 338 g/mol. The van der Waals surface area contributed by atoms with Crippen molar-refractivity contribution in [2.24, 2.45) is 0 Å². The first-order valence-corrected chi connectivity index (χ1v) is 8.47. The van der Waals surface area contributed by atoms with Crippen LogP contribution in [0.1, 0.15) is 0 Å². The van der Waals surface area contributed by atoms with Crippen molar-refractivity contribution in [2.45, 2.75) is 4.90 Å². The minimum Gasteiger partial charge on any atom is -0.378 e. The summed E-state index contributed by atoms with van der Waals surface area (Å²) in [6.45, 7) is 2.57. The van der Waals surface area contributed by atoms with Gasteiger partial charge in [-0.3, -0.25) is 4.72 Å². The predicted molar refractivity (Wildman–Crippen MR) is 82.3 cm³/mol. The third-order valence-corrected chi connectivity index (χ3v) is 4.73. The molecule has 1 fully saturated rings. The highest BCUT2D eigenvalue weighted by Gasteiger charge is 2.19. The molecule has 0 aliphatic carbocycles. The van der Waals surface area contributed by atoms with Crippen LogP contribution >= 0.6 is 0 Å². The van der Waals surface area contributed by atoms with Crippen LogP contribution in [0, 0.1) is 5.82 Å². The lowest BCUT2D eigenvalue weighted by atomic mass is 10.4. The summed E-state index contributed by atoms with van der Waals surface area (Å²) < 4.78 is 45.5. The Balaban J connectivity index is 1.76. The van der Waals surface area contributed by atoms with Crippen LogP contribution in [0.2, 0.25) is 0 Å². The Bertz CT molecular complexity index is 777. The number of benzene rings is 1. The number of anilines is 2. The number of nitrogens with one attached hydrogen (secondary N) is 1. The lowest BCUT2D eigenvalue weighted by Gasteiger charge is -2.26. The number of morpholine rings is 1. The second-order valence-electron chi connectivity index (χ2n) is 4.91. The van der Waals surface area contributed by atoms with Gasteiger partial charge in [0.1, 0.15) is 10.7 Å². The first-order valence-electron chi connectivity index (χ1n) is 6.98. The van der Waals surface area contributed by atoms with Crippen LogP contribution in [-0.2, 0) is 14.8 Å². The van der Waals surface area contributed by atoms with Gasteiger partial charge in [-0.05, 0) is 12.1 Å². The molecule has 0 saturated carbocycles. The topological polar surface area (TPSA) is 84.4 Å². The van der Waals surface area contributed by atoms with Crippen molar-refractivity contribution in [3.05, 3.63) is 42.5 Å². The molecule has 2 heterocycles. The Morgan fingerprint density at radius 3 is 2.43 bits per heavy atom. The molecule has 0 radical (unpaired) electrons. The van der Waals surface area contributed by atoms with Crippen molar-refractivity contribution in [2.75, 3.05) is 35.9 Å². The Labute approximate surface area is 133 Å². The molecule has 0 spiro atoms. The number of aromatic nitrogens is 2. The molecule has 7 nitrogen and oxygen atoms in total. The van der Waals surface area contributed by atoms with Crippen LogP contribution < -0.4 is 9.62 Å². The fraction of sp³-hybridized carbons (Fsp3) is 0.286. The van der Waals surface area contributed by atoms with E-state index in [0.29, 0.717) is 32.3 Å². The molecule has 0 unspecified atom stereocenters. The molecule has 0 amide bonds. The van der Waals surface area contributed by atoms with E-state index < -0.39 is 20.7 Å². The van der Waals surface area contributed by atoms with Crippen molar-refractivity contribution in [3.8, 4) is 0 Å². The molecule has 0 atom stereocenters. The third-order valence-electron chi connectivity index (χ3n) is 3.31. The molecule has 1 saturated heterocycles. The molecule has 1 aromatic carbocycles. The summed E-state index contributed by atoms with van der Waals surface area (Å²) in [5.74, 6) is -0.312. The van der Waals surface area contributed by atoms with Gasteiger partial charge in [0, 0.05) is 13.1 Å². The second kappa shape index (κ2) is 6.47. The Morgan fingerprint density at radius 2 is 1.78 bits per heavy atom. The summed E-state index contributed by atoms with van der Waals surface area (Å²) in [6.07, 6.45) is 2.71. The maximum Gasteiger partial charge on any atom is 0.264 e. The molecule has 23 heavy (non-hydrogen) atoms. The van der Waals surface area contributed by atoms with Crippen LogP contribution in [0.15, 0.2) is 41.6 Å². The van der Waals surface area contributed by atoms with E-state index in [1.807, 2.05) is 4.90 Å².